The molecule has 1 aliphatic heterocycles. The molecule has 0 bridgehead atoms. The second-order valence-corrected chi connectivity index (χ2v) is 7.00. The number of benzene rings is 1. The fourth-order valence-electron chi connectivity index (χ4n) is 3.51. The Labute approximate surface area is 148 Å². The molecule has 1 aromatic carbocycles. The lowest BCUT2D eigenvalue weighted by Crippen LogP contribution is -2.52. The van der Waals surface area contributed by atoms with Crippen molar-refractivity contribution in [2.75, 3.05) is 39.8 Å². The number of hydrogen-bond acceptors (Lipinski definition) is 4. The number of amides is 1. The first-order valence-corrected chi connectivity index (χ1v) is 8.95. The maximum Gasteiger partial charge on any atom is 0.236 e. The van der Waals surface area contributed by atoms with Crippen molar-refractivity contribution in [1.82, 2.24) is 14.7 Å². The summed E-state index contributed by atoms with van der Waals surface area (Å²) in [5.41, 5.74) is 0.799. The molecular weight excluding hydrogens is 319 g/mol. The van der Waals surface area contributed by atoms with Gasteiger partial charge in [-0.15, -0.1) is 0 Å². The summed E-state index contributed by atoms with van der Waals surface area (Å²) in [5.74, 6) is -0.129. The molecule has 0 unspecified atom stereocenters. The summed E-state index contributed by atoms with van der Waals surface area (Å²) in [6.45, 7) is 3.07. The third-order valence-corrected chi connectivity index (χ3v) is 5.42. The number of nitrogens with zero attached hydrogens (tertiary/aromatic N) is 4. The Kier molecular flexibility index (Phi) is 5.67. The van der Waals surface area contributed by atoms with Gasteiger partial charge in [-0.2, -0.15) is 5.26 Å². The molecule has 1 aliphatic carbocycles. The van der Waals surface area contributed by atoms with Crippen LogP contribution in [0, 0.1) is 17.1 Å². The molecule has 0 spiro atoms. The van der Waals surface area contributed by atoms with Gasteiger partial charge in [0.05, 0.1) is 12.6 Å². The van der Waals surface area contributed by atoms with Crippen LogP contribution in [0.4, 0.5) is 4.39 Å². The first-order chi connectivity index (χ1) is 12.1. The predicted molar refractivity (Wildman–Crippen MR) is 93.2 cm³/mol. The molecule has 0 radical (unpaired) electrons. The molecule has 1 aromatic rings. The van der Waals surface area contributed by atoms with Crippen molar-refractivity contribution in [2.45, 2.75) is 31.3 Å². The summed E-state index contributed by atoms with van der Waals surface area (Å²) < 4.78 is 13.1. The molecule has 1 saturated heterocycles. The van der Waals surface area contributed by atoms with Crippen molar-refractivity contribution in [2.24, 2.45) is 0 Å². The molecule has 25 heavy (non-hydrogen) atoms. The first-order valence-electron chi connectivity index (χ1n) is 8.95. The van der Waals surface area contributed by atoms with E-state index in [4.69, 9.17) is 0 Å². The monoisotopic (exact) mass is 344 g/mol. The number of hydrogen-bond donors (Lipinski definition) is 0. The minimum absolute atomic E-state index is 0.171. The van der Waals surface area contributed by atoms with Gasteiger partial charge in [0.15, 0.2) is 0 Å². The van der Waals surface area contributed by atoms with E-state index >= 15 is 0 Å². The Bertz CT molecular complexity index is 630. The number of halogens is 1. The SMILES string of the molecule is CN(CC(=O)N1CCN([C@@H](C#N)c2ccc(F)cc2)CC1)C1CCC1. The minimum atomic E-state index is -0.393. The van der Waals surface area contributed by atoms with Crippen LogP contribution in [-0.4, -0.2) is 66.4 Å². The third kappa shape index (κ3) is 4.17. The molecule has 1 heterocycles. The average molecular weight is 344 g/mol. The second kappa shape index (κ2) is 7.94. The lowest BCUT2D eigenvalue weighted by atomic mass is 9.92. The molecule has 3 rings (SSSR count). The molecule has 1 atom stereocenters. The number of likely N-dealkylation sites (N-methyl/N-ethyl adjacent to an activating group) is 1. The third-order valence-electron chi connectivity index (χ3n) is 5.42. The van der Waals surface area contributed by atoms with Crippen molar-refractivity contribution in [1.29, 1.82) is 5.26 Å². The quantitative estimate of drug-likeness (QED) is 0.820. The van der Waals surface area contributed by atoms with Crippen molar-refractivity contribution in [3.63, 3.8) is 0 Å². The summed E-state index contributed by atoms with van der Waals surface area (Å²) in [5, 5.41) is 9.52. The van der Waals surface area contributed by atoms with E-state index < -0.39 is 6.04 Å². The van der Waals surface area contributed by atoms with Gasteiger partial charge in [0.2, 0.25) is 5.91 Å². The predicted octanol–water partition coefficient (Wildman–Crippen LogP) is 2.02. The smallest absolute Gasteiger partial charge is 0.236 e. The first kappa shape index (κ1) is 17.8. The lowest BCUT2D eigenvalue weighted by molar-refractivity contribution is -0.135. The Hall–Kier alpha value is -1.97. The summed E-state index contributed by atoms with van der Waals surface area (Å²) in [6.07, 6.45) is 3.65. The zero-order valence-corrected chi connectivity index (χ0v) is 14.7. The fourth-order valence-corrected chi connectivity index (χ4v) is 3.51. The Morgan fingerprint density at radius 2 is 1.92 bits per heavy atom. The maximum absolute atomic E-state index is 13.1. The number of carbonyl (C=O) groups excluding carboxylic acids is 1. The van der Waals surface area contributed by atoms with Crippen LogP contribution >= 0.6 is 0 Å². The van der Waals surface area contributed by atoms with Crippen molar-refractivity contribution < 1.29 is 9.18 Å². The normalized spacial score (nSPS) is 20.2. The summed E-state index contributed by atoms with van der Waals surface area (Å²) in [6, 6.07) is 8.57. The molecular formula is C19H25FN4O. The van der Waals surface area contributed by atoms with Gasteiger partial charge in [-0.05, 0) is 37.6 Å². The molecule has 1 saturated carbocycles. The van der Waals surface area contributed by atoms with Gasteiger partial charge in [-0.25, -0.2) is 4.39 Å². The Balaban J connectivity index is 1.52. The molecule has 0 N–H and O–H groups in total. The molecule has 1 amide bonds. The van der Waals surface area contributed by atoms with Crippen LogP contribution in [0.5, 0.6) is 0 Å². The number of rotatable bonds is 5. The highest BCUT2D eigenvalue weighted by Gasteiger charge is 2.29. The van der Waals surface area contributed by atoms with Crippen LogP contribution < -0.4 is 0 Å². The molecule has 2 fully saturated rings. The highest BCUT2D eigenvalue weighted by molar-refractivity contribution is 5.78. The van der Waals surface area contributed by atoms with Gasteiger partial charge in [0.1, 0.15) is 11.9 Å². The molecule has 5 nitrogen and oxygen atoms in total. The largest absolute Gasteiger partial charge is 0.339 e. The topological polar surface area (TPSA) is 50.6 Å². The van der Waals surface area contributed by atoms with E-state index in [1.54, 1.807) is 12.1 Å². The van der Waals surface area contributed by atoms with Gasteiger partial charge in [-0.3, -0.25) is 14.6 Å². The number of carbonyl (C=O) groups is 1. The lowest BCUT2D eigenvalue weighted by Gasteiger charge is -2.39. The zero-order valence-electron chi connectivity index (χ0n) is 14.7. The standard InChI is InChI=1S/C19H25FN4O/c1-22(17-3-2-4-17)14-19(25)24-11-9-23(10-12-24)18(13-21)15-5-7-16(20)8-6-15/h5-8,17-18H,2-4,9-12,14H2,1H3/t18-/m0/s1. The average Bonchev–Trinajstić information content (AvgIpc) is 2.56. The maximum atomic E-state index is 13.1. The van der Waals surface area contributed by atoms with Crippen LogP contribution in [0.3, 0.4) is 0 Å². The van der Waals surface area contributed by atoms with Crippen LogP contribution in [0.1, 0.15) is 30.9 Å². The van der Waals surface area contributed by atoms with E-state index in [1.807, 2.05) is 11.9 Å². The van der Waals surface area contributed by atoms with E-state index in [0.29, 0.717) is 38.8 Å². The van der Waals surface area contributed by atoms with E-state index in [1.165, 1.54) is 31.4 Å². The highest BCUT2D eigenvalue weighted by atomic mass is 19.1. The van der Waals surface area contributed by atoms with Crippen LogP contribution in [0.25, 0.3) is 0 Å². The van der Waals surface area contributed by atoms with Gasteiger partial charge >= 0.3 is 0 Å². The summed E-state index contributed by atoms with van der Waals surface area (Å²) >= 11 is 0. The Morgan fingerprint density at radius 3 is 2.44 bits per heavy atom. The van der Waals surface area contributed by atoms with Gasteiger partial charge < -0.3 is 4.90 Å². The van der Waals surface area contributed by atoms with E-state index in [9.17, 15) is 14.4 Å². The van der Waals surface area contributed by atoms with Crippen LogP contribution in [-0.2, 0) is 4.79 Å². The van der Waals surface area contributed by atoms with E-state index in [-0.39, 0.29) is 11.7 Å². The van der Waals surface area contributed by atoms with Gasteiger partial charge in [0.25, 0.3) is 0 Å². The molecule has 0 aromatic heterocycles. The highest BCUT2D eigenvalue weighted by Crippen LogP contribution is 2.24. The Morgan fingerprint density at radius 1 is 1.28 bits per heavy atom. The molecule has 2 aliphatic rings. The van der Waals surface area contributed by atoms with Gasteiger partial charge in [0, 0.05) is 32.2 Å². The van der Waals surface area contributed by atoms with Crippen molar-refractivity contribution in [3.8, 4) is 6.07 Å². The number of nitriles is 1. The van der Waals surface area contributed by atoms with E-state index in [2.05, 4.69) is 15.9 Å². The van der Waals surface area contributed by atoms with Crippen molar-refractivity contribution >= 4 is 5.91 Å². The van der Waals surface area contributed by atoms with E-state index in [0.717, 1.165) is 5.56 Å². The fraction of sp³-hybridized carbons (Fsp3) is 0.579. The van der Waals surface area contributed by atoms with Crippen molar-refractivity contribution in [3.05, 3.63) is 35.6 Å². The second-order valence-electron chi connectivity index (χ2n) is 7.00. The minimum Gasteiger partial charge on any atom is -0.339 e. The van der Waals surface area contributed by atoms with Gasteiger partial charge in [-0.1, -0.05) is 18.6 Å². The summed E-state index contributed by atoms with van der Waals surface area (Å²) in [7, 11) is 2.03. The molecule has 134 valence electrons. The summed E-state index contributed by atoms with van der Waals surface area (Å²) in [4.78, 5) is 18.6. The zero-order chi connectivity index (χ0) is 17.8. The molecule has 6 heteroatoms. The van der Waals surface area contributed by atoms with Crippen LogP contribution in [0.15, 0.2) is 24.3 Å². The number of piperazine rings is 1. The van der Waals surface area contributed by atoms with Crippen LogP contribution in [0.2, 0.25) is 0 Å².